The molecule has 4 nitrogen and oxygen atoms in total. The number of hydrogen-bond donors (Lipinski definition) is 0. The minimum atomic E-state index is 0.873. The molecule has 9 aromatic carbocycles. The SMILES string of the molecule is c1cc(-c2nc3ccccc3nc2-c2cccc3c2sc2ccccc23)cc(-n2c3ccccc3c3cc4c(-n5c6ccccc6c6ccccc65)cccc4cc32)c1. The highest BCUT2D eigenvalue weighted by molar-refractivity contribution is 7.26. The first-order chi connectivity index (χ1) is 29.3. The van der Waals surface area contributed by atoms with E-state index in [2.05, 4.69) is 191 Å². The van der Waals surface area contributed by atoms with Crippen molar-refractivity contribution in [2.24, 2.45) is 0 Å². The zero-order valence-electron chi connectivity index (χ0n) is 31.7. The van der Waals surface area contributed by atoms with Gasteiger partial charge in [0.1, 0.15) is 0 Å². The Morgan fingerprint density at radius 1 is 0.373 bits per heavy atom. The number of benzene rings is 9. The van der Waals surface area contributed by atoms with E-state index >= 15 is 0 Å². The normalized spacial score (nSPS) is 12.1. The molecule has 0 fully saturated rings. The van der Waals surface area contributed by atoms with Crippen molar-refractivity contribution in [2.75, 3.05) is 0 Å². The summed E-state index contributed by atoms with van der Waals surface area (Å²) in [6.07, 6.45) is 0. The molecule has 0 saturated heterocycles. The molecule has 274 valence electrons. The van der Waals surface area contributed by atoms with Crippen LogP contribution in [-0.4, -0.2) is 19.1 Å². The summed E-state index contributed by atoms with van der Waals surface area (Å²) in [6.45, 7) is 0. The third-order valence-corrected chi connectivity index (χ3v) is 13.3. The summed E-state index contributed by atoms with van der Waals surface area (Å²) < 4.78 is 7.35. The molecule has 0 saturated carbocycles. The van der Waals surface area contributed by atoms with Crippen LogP contribution in [0, 0.1) is 0 Å². The summed E-state index contributed by atoms with van der Waals surface area (Å²) in [5.41, 5.74) is 12.6. The molecule has 0 atom stereocenters. The average Bonchev–Trinajstić information content (AvgIpc) is 3.95. The van der Waals surface area contributed by atoms with Crippen LogP contribution in [0.25, 0.3) is 119 Å². The van der Waals surface area contributed by atoms with Crippen LogP contribution in [-0.2, 0) is 0 Å². The molecular weight excluding hydrogens is 737 g/mol. The predicted octanol–water partition coefficient (Wildman–Crippen LogP) is 14.7. The van der Waals surface area contributed by atoms with E-state index in [4.69, 9.17) is 9.97 Å². The number of hydrogen-bond acceptors (Lipinski definition) is 3. The number of thiophene rings is 1. The van der Waals surface area contributed by atoms with Crippen molar-refractivity contribution >= 4 is 96.9 Å². The summed E-state index contributed by atoms with van der Waals surface area (Å²) in [5.74, 6) is 0. The number of para-hydroxylation sites is 5. The van der Waals surface area contributed by atoms with E-state index in [0.717, 1.165) is 50.3 Å². The molecule has 0 spiro atoms. The van der Waals surface area contributed by atoms with Crippen LogP contribution in [0.5, 0.6) is 0 Å². The average molecular weight is 769 g/mol. The second-order valence-electron chi connectivity index (χ2n) is 15.3. The van der Waals surface area contributed by atoms with Gasteiger partial charge in [-0.2, -0.15) is 0 Å². The standard InChI is InChI=1S/C54H32N4S/c1-8-26-47-36(17-1)37-18-2-9-27-48(37)58(47)49-28-12-14-33-31-50-43(32-42(33)49)38-19-3-7-25-46(38)57(50)35-16-11-15-34(30-35)52-53(56-45-24-6-5-23-44(45)55-52)41-22-13-21-40-39-20-4-10-29-51(39)59-54(40)41/h1-32H. The van der Waals surface area contributed by atoms with E-state index in [1.54, 1.807) is 0 Å². The Morgan fingerprint density at radius 2 is 0.966 bits per heavy atom. The van der Waals surface area contributed by atoms with Crippen molar-refractivity contribution < 1.29 is 0 Å². The molecule has 0 bridgehead atoms. The van der Waals surface area contributed by atoms with E-state index in [9.17, 15) is 0 Å². The van der Waals surface area contributed by atoms with Gasteiger partial charge in [0, 0.05) is 63.9 Å². The highest BCUT2D eigenvalue weighted by atomic mass is 32.1. The van der Waals surface area contributed by atoms with Crippen molar-refractivity contribution in [3.63, 3.8) is 0 Å². The predicted molar refractivity (Wildman–Crippen MR) is 249 cm³/mol. The molecule has 0 aliphatic rings. The van der Waals surface area contributed by atoms with Crippen LogP contribution in [0.1, 0.15) is 0 Å². The molecule has 0 unspecified atom stereocenters. The van der Waals surface area contributed by atoms with Gasteiger partial charge in [0.25, 0.3) is 0 Å². The zero-order chi connectivity index (χ0) is 38.6. The highest BCUT2D eigenvalue weighted by Gasteiger charge is 2.21. The van der Waals surface area contributed by atoms with Gasteiger partial charge in [-0.25, -0.2) is 9.97 Å². The fraction of sp³-hybridized carbons (Fsp3) is 0. The molecule has 4 aromatic heterocycles. The molecule has 13 rings (SSSR count). The van der Waals surface area contributed by atoms with Crippen molar-refractivity contribution in [1.82, 2.24) is 19.1 Å². The summed E-state index contributed by atoms with van der Waals surface area (Å²) in [6, 6.07) is 70.0. The van der Waals surface area contributed by atoms with Crippen molar-refractivity contribution in [1.29, 1.82) is 0 Å². The van der Waals surface area contributed by atoms with Gasteiger partial charge in [0.15, 0.2) is 0 Å². The van der Waals surface area contributed by atoms with Gasteiger partial charge >= 0.3 is 0 Å². The number of nitrogens with zero attached hydrogens (tertiary/aromatic N) is 4. The minimum Gasteiger partial charge on any atom is -0.309 e. The molecule has 59 heavy (non-hydrogen) atoms. The Labute approximate surface area is 342 Å². The first-order valence-electron chi connectivity index (χ1n) is 20.0. The molecule has 0 aliphatic heterocycles. The lowest BCUT2D eigenvalue weighted by atomic mass is 10.0. The lowest BCUT2D eigenvalue weighted by Gasteiger charge is -2.14. The van der Waals surface area contributed by atoms with Crippen molar-refractivity contribution in [3.05, 3.63) is 194 Å². The molecule has 0 radical (unpaired) electrons. The third-order valence-electron chi connectivity index (χ3n) is 12.1. The van der Waals surface area contributed by atoms with Crippen LogP contribution in [0.4, 0.5) is 0 Å². The Morgan fingerprint density at radius 3 is 1.73 bits per heavy atom. The van der Waals surface area contributed by atoms with Crippen LogP contribution < -0.4 is 0 Å². The highest BCUT2D eigenvalue weighted by Crippen LogP contribution is 2.43. The van der Waals surface area contributed by atoms with E-state index in [0.29, 0.717) is 0 Å². The van der Waals surface area contributed by atoms with E-state index in [-0.39, 0.29) is 0 Å². The van der Waals surface area contributed by atoms with Crippen LogP contribution in [0.15, 0.2) is 194 Å². The largest absolute Gasteiger partial charge is 0.309 e. The summed E-state index contributed by atoms with van der Waals surface area (Å²) in [7, 11) is 0. The zero-order valence-corrected chi connectivity index (χ0v) is 32.5. The monoisotopic (exact) mass is 768 g/mol. The molecule has 4 heterocycles. The quantitative estimate of drug-likeness (QED) is 0.179. The van der Waals surface area contributed by atoms with Gasteiger partial charge in [0.2, 0.25) is 0 Å². The van der Waals surface area contributed by atoms with Gasteiger partial charge < -0.3 is 9.13 Å². The minimum absolute atomic E-state index is 0.873. The number of rotatable bonds is 4. The van der Waals surface area contributed by atoms with E-state index < -0.39 is 0 Å². The Bertz CT molecular complexity index is 3810. The van der Waals surface area contributed by atoms with Gasteiger partial charge in [-0.1, -0.05) is 127 Å². The van der Waals surface area contributed by atoms with Crippen molar-refractivity contribution in [3.8, 4) is 33.9 Å². The lowest BCUT2D eigenvalue weighted by molar-refractivity contribution is 1.18. The Balaban J connectivity index is 1.04. The first kappa shape index (κ1) is 32.5. The smallest absolute Gasteiger partial charge is 0.0987 e. The van der Waals surface area contributed by atoms with Gasteiger partial charge in [-0.15, -0.1) is 11.3 Å². The summed E-state index contributed by atoms with van der Waals surface area (Å²) >= 11 is 1.82. The molecule has 13 aromatic rings. The van der Waals surface area contributed by atoms with Crippen LogP contribution in [0.2, 0.25) is 0 Å². The van der Waals surface area contributed by atoms with Crippen LogP contribution in [0.3, 0.4) is 0 Å². The molecule has 5 heteroatoms. The van der Waals surface area contributed by atoms with Crippen LogP contribution >= 0.6 is 11.3 Å². The lowest BCUT2D eigenvalue weighted by Crippen LogP contribution is -1.98. The van der Waals surface area contributed by atoms with Gasteiger partial charge in [-0.3, -0.25) is 0 Å². The Hall–Kier alpha value is -7.60. The fourth-order valence-electron chi connectivity index (χ4n) is 9.49. The Kier molecular flexibility index (Phi) is 6.85. The van der Waals surface area contributed by atoms with Gasteiger partial charge in [-0.05, 0) is 72.1 Å². The summed E-state index contributed by atoms with van der Waals surface area (Å²) in [4.78, 5) is 10.7. The maximum absolute atomic E-state index is 5.38. The van der Waals surface area contributed by atoms with Crippen molar-refractivity contribution in [2.45, 2.75) is 0 Å². The maximum Gasteiger partial charge on any atom is 0.0987 e. The van der Waals surface area contributed by atoms with E-state index in [1.165, 1.54) is 69.2 Å². The second-order valence-corrected chi connectivity index (χ2v) is 16.4. The number of fused-ring (bicyclic) bond motifs is 11. The molecule has 0 N–H and O–H groups in total. The molecule has 0 amide bonds. The molecular formula is C54H32N4S. The summed E-state index contributed by atoms with van der Waals surface area (Å²) in [5, 5.41) is 9.88. The topological polar surface area (TPSA) is 35.6 Å². The van der Waals surface area contributed by atoms with E-state index in [1.807, 2.05) is 23.5 Å². The fourth-order valence-corrected chi connectivity index (χ4v) is 10.7. The maximum atomic E-state index is 5.38. The van der Waals surface area contributed by atoms with Gasteiger partial charge in [0.05, 0.1) is 50.2 Å². The molecule has 0 aliphatic carbocycles. The first-order valence-corrected chi connectivity index (χ1v) is 20.8. The third kappa shape index (κ3) is 4.77. The number of aromatic nitrogens is 4. The second kappa shape index (κ2) is 12.4.